The topological polar surface area (TPSA) is 34.0 Å². The molecule has 0 amide bonds. The van der Waals surface area contributed by atoms with E-state index in [0.29, 0.717) is 6.04 Å². The van der Waals surface area contributed by atoms with Crippen LogP contribution < -0.4 is 0 Å². The maximum atomic E-state index is 4.50. The van der Waals surface area contributed by atoms with E-state index in [4.69, 9.17) is 0 Å². The monoisotopic (exact) mass is 334 g/mol. The second kappa shape index (κ2) is 8.08. The summed E-state index contributed by atoms with van der Waals surface area (Å²) in [6.07, 6.45) is 6.69. The fourth-order valence-electron chi connectivity index (χ4n) is 3.03. The molecule has 0 aliphatic rings. The van der Waals surface area contributed by atoms with E-state index < -0.39 is 0 Å². The third-order valence-corrected chi connectivity index (χ3v) is 4.66. The van der Waals surface area contributed by atoms with Gasteiger partial charge in [-0.3, -0.25) is 14.6 Å². The van der Waals surface area contributed by atoms with Gasteiger partial charge in [0.2, 0.25) is 0 Å². The van der Waals surface area contributed by atoms with Gasteiger partial charge in [0, 0.05) is 43.3 Å². The maximum absolute atomic E-state index is 4.50. The molecule has 3 aromatic rings. The van der Waals surface area contributed by atoms with Crippen LogP contribution in [0.4, 0.5) is 0 Å². The molecule has 1 atom stereocenters. The van der Waals surface area contributed by atoms with Crippen molar-refractivity contribution in [2.75, 3.05) is 7.05 Å². The van der Waals surface area contributed by atoms with Crippen molar-refractivity contribution in [1.29, 1.82) is 0 Å². The van der Waals surface area contributed by atoms with E-state index in [0.717, 1.165) is 25.2 Å². The Morgan fingerprint density at radius 3 is 2.60 bits per heavy atom. The van der Waals surface area contributed by atoms with E-state index >= 15 is 0 Å². The summed E-state index contributed by atoms with van der Waals surface area (Å²) in [5.41, 5.74) is 5.09. The molecule has 0 bridgehead atoms. The summed E-state index contributed by atoms with van der Waals surface area (Å²) < 4.78 is 1.97. The Hall–Kier alpha value is -2.46. The number of aryl methyl sites for hydroxylation is 1. The van der Waals surface area contributed by atoms with Gasteiger partial charge in [0.15, 0.2) is 0 Å². The van der Waals surface area contributed by atoms with Crippen LogP contribution in [-0.4, -0.2) is 32.8 Å². The summed E-state index contributed by atoms with van der Waals surface area (Å²) in [6, 6.07) is 15.2. The first-order valence-corrected chi connectivity index (χ1v) is 8.78. The fraction of sp³-hybridized carbons (Fsp3) is 0.333. The van der Waals surface area contributed by atoms with Crippen molar-refractivity contribution in [3.8, 4) is 0 Å². The van der Waals surface area contributed by atoms with Gasteiger partial charge in [-0.15, -0.1) is 0 Å². The molecule has 3 rings (SSSR count). The first-order chi connectivity index (χ1) is 12.1. The van der Waals surface area contributed by atoms with Crippen molar-refractivity contribution in [1.82, 2.24) is 19.7 Å². The van der Waals surface area contributed by atoms with Crippen LogP contribution in [0.25, 0.3) is 0 Å². The minimum atomic E-state index is 0.423. The first-order valence-electron chi connectivity index (χ1n) is 8.78. The molecule has 1 aromatic carbocycles. The molecule has 0 spiro atoms. The summed E-state index contributed by atoms with van der Waals surface area (Å²) in [6.45, 7) is 6.11. The zero-order valence-electron chi connectivity index (χ0n) is 15.3. The van der Waals surface area contributed by atoms with E-state index in [1.807, 2.05) is 35.4 Å². The van der Waals surface area contributed by atoms with Gasteiger partial charge in [0.25, 0.3) is 0 Å². The third kappa shape index (κ3) is 4.77. The summed E-state index contributed by atoms with van der Waals surface area (Å²) >= 11 is 0. The van der Waals surface area contributed by atoms with Gasteiger partial charge >= 0.3 is 0 Å². The highest BCUT2D eigenvalue weighted by Gasteiger charge is 2.13. The lowest BCUT2D eigenvalue weighted by atomic mass is 10.0. The average molecular weight is 334 g/mol. The molecule has 25 heavy (non-hydrogen) atoms. The third-order valence-electron chi connectivity index (χ3n) is 4.66. The number of benzene rings is 1. The molecule has 0 unspecified atom stereocenters. The van der Waals surface area contributed by atoms with Crippen LogP contribution in [0.2, 0.25) is 0 Å². The quantitative estimate of drug-likeness (QED) is 0.661. The molecule has 0 saturated heterocycles. The predicted octanol–water partition coefficient (Wildman–Crippen LogP) is 3.70. The smallest absolute Gasteiger partial charge is 0.0662 e. The van der Waals surface area contributed by atoms with Gasteiger partial charge in [0.1, 0.15) is 0 Å². The van der Waals surface area contributed by atoms with Gasteiger partial charge < -0.3 is 0 Å². The lowest BCUT2D eigenvalue weighted by molar-refractivity contribution is 0.246. The molecule has 4 heteroatoms. The Bertz CT molecular complexity index is 795. The normalized spacial score (nSPS) is 12.5. The zero-order valence-corrected chi connectivity index (χ0v) is 15.3. The molecule has 0 radical (unpaired) electrons. The number of aromatic nitrogens is 3. The molecule has 0 saturated carbocycles. The van der Waals surface area contributed by atoms with Crippen molar-refractivity contribution in [2.24, 2.45) is 0 Å². The highest BCUT2D eigenvalue weighted by Crippen LogP contribution is 2.15. The van der Waals surface area contributed by atoms with Crippen molar-refractivity contribution in [3.63, 3.8) is 0 Å². The van der Waals surface area contributed by atoms with E-state index in [1.54, 1.807) is 0 Å². The fourth-order valence-corrected chi connectivity index (χ4v) is 3.03. The Morgan fingerprint density at radius 2 is 1.88 bits per heavy atom. The molecule has 0 aliphatic carbocycles. The number of hydrogen-bond donors (Lipinski definition) is 0. The lowest BCUT2D eigenvalue weighted by Crippen LogP contribution is -2.31. The maximum Gasteiger partial charge on any atom is 0.0662 e. The molecule has 130 valence electrons. The van der Waals surface area contributed by atoms with Crippen LogP contribution >= 0.6 is 0 Å². The van der Waals surface area contributed by atoms with Crippen molar-refractivity contribution in [3.05, 3.63) is 83.4 Å². The summed E-state index contributed by atoms with van der Waals surface area (Å²) in [5.74, 6) is 0. The van der Waals surface area contributed by atoms with E-state index in [-0.39, 0.29) is 0 Å². The minimum absolute atomic E-state index is 0.423. The molecular weight excluding hydrogens is 308 g/mol. The van der Waals surface area contributed by atoms with Crippen LogP contribution in [0.5, 0.6) is 0 Å². The highest BCUT2D eigenvalue weighted by molar-refractivity contribution is 5.27. The van der Waals surface area contributed by atoms with Gasteiger partial charge in [-0.2, -0.15) is 5.10 Å². The number of rotatable bonds is 7. The molecule has 2 heterocycles. The van der Waals surface area contributed by atoms with Crippen LogP contribution in [0, 0.1) is 6.92 Å². The molecule has 0 N–H and O–H groups in total. The largest absolute Gasteiger partial charge is 0.299 e. The molecule has 0 fully saturated rings. The average Bonchev–Trinajstić information content (AvgIpc) is 3.09. The molecule has 0 aliphatic heterocycles. The minimum Gasteiger partial charge on any atom is -0.299 e. The van der Waals surface area contributed by atoms with Crippen LogP contribution in [0.3, 0.4) is 0 Å². The van der Waals surface area contributed by atoms with Crippen molar-refractivity contribution in [2.45, 2.75) is 39.4 Å². The predicted molar refractivity (Wildman–Crippen MR) is 101 cm³/mol. The summed E-state index contributed by atoms with van der Waals surface area (Å²) in [7, 11) is 2.19. The SMILES string of the molecule is Cc1ccnc(C[C@H](C)N(C)Cc2ccccc2Cn2cccn2)c1. The zero-order chi connectivity index (χ0) is 17.6. The highest BCUT2D eigenvalue weighted by atomic mass is 15.3. The van der Waals surface area contributed by atoms with E-state index in [9.17, 15) is 0 Å². The second-order valence-electron chi connectivity index (χ2n) is 6.77. The number of likely N-dealkylation sites (N-methyl/N-ethyl adjacent to an activating group) is 1. The van der Waals surface area contributed by atoms with E-state index in [2.05, 4.69) is 66.2 Å². The van der Waals surface area contributed by atoms with Crippen LogP contribution in [0.1, 0.15) is 29.3 Å². The van der Waals surface area contributed by atoms with E-state index in [1.165, 1.54) is 16.7 Å². The number of nitrogens with zero attached hydrogens (tertiary/aromatic N) is 4. The Morgan fingerprint density at radius 1 is 1.08 bits per heavy atom. The molecule has 2 aromatic heterocycles. The second-order valence-corrected chi connectivity index (χ2v) is 6.77. The first kappa shape index (κ1) is 17.4. The van der Waals surface area contributed by atoms with Gasteiger partial charge in [-0.25, -0.2) is 0 Å². The number of hydrogen-bond acceptors (Lipinski definition) is 3. The Labute approximate surface area is 150 Å². The van der Waals surface area contributed by atoms with Gasteiger partial charge in [0.05, 0.1) is 6.54 Å². The lowest BCUT2D eigenvalue weighted by Gasteiger charge is -2.25. The summed E-state index contributed by atoms with van der Waals surface area (Å²) in [4.78, 5) is 6.89. The Kier molecular flexibility index (Phi) is 5.61. The standard InChI is InChI=1S/C21H26N4/c1-17-9-11-22-21(13-17)14-18(2)24(3)15-19-7-4-5-8-20(19)16-25-12-6-10-23-25/h4-13,18H,14-16H2,1-3H3/t18-/m0/s1. The van der Waals surface area contributed by atoms with Crippen molar-refractivity contribution >= 4 is 0 Å². The van der Waals surface area contributed by atoms with Gasteiger partial charge in [-0.1, -0.05) is 24.3 Å². The molecule has 4 nitrogen and oxygen atoms in total. The molecular formula is C21H26N4. The summed E-state index contributed by atoms with van der Waals surface area (Å²) in [5, 5.41) is 4.33. The van der Waals surface area contributed by atoms with Gasteiger partial charge in [-0.05, 0) is 55.8 Å². The van der Waals surface area contributed by atoms with Crippen molar-refractivity contribution < 1.29 is 0 Å². The van der Waals surface area contributed by atoms with Crippen LogP contribution in [-0.2, 0) is 19.5 Å². The van der Waals surface area contributed by atoms with Crippen LogP contribution in [0.15, 0.2) is 61.1 Å². The number of pyridine rings is 1. The Balaban J connectivity index is 1.67.